The van der Waals surface area contributed by atoms with E-state index in [1.54, 1.807) is 11.3 Å². The number of para-hydroxylation sites is 3. The number of aromatic nitrogens is 3. The molecule has 0 spiro atoms. The van der Waals surface area contributed by atoms with Gasteiger partial charge >= 0.3 is 12.4 Å². The van der Waals surface area contributed by atoms with Crippen molar-refractivity contribution in [2.45, 2.75) is 12.4 Å². The molecule has 0 saturated carbocycles. The number of hydrogen-bond donors (Lipinski definition) is 0. The summed E-state index contributed by atoms with van der Waals surface area (Å²) in [5, 5.41) is 18.3. The van der Waals surface area contributed by atoms with Crippen molar-refractivity contribution in [3.8, 4) is 45.4 Å². The van der Waals surface area contributed by atoms with Crippen molar-refractivity contribution < 1.29 is 26.3 Å². The summed E-state index contributed by atoms with van der Waals surface area (Å²) in [4.78, 5) is 0. The monoisotopic (exact) mass is 992 g/mol. The quantitative estimate of drug-likeness (QED) is 0.158. The first kappa shape index (κ1) is 43.7. The molecule has 74 heavy (non-hydrogen) atoms. The fraction of sp³-hybridized carbons (Fsp3) is 0.0317. The Labute approximate surface area is 421 Å². The number of nitriles is 1. The van der Waals surface area contributed by atoms with E-state index in [2.05, 4.69) is 34.9 Å². The highest BCUT2D eigenvalue weighted by atomic mass is 32.1. The third-order valence-electron chi connectivity index (χ3n) is 14.5. The Morgan fingerprint density at radius 3 is 1.20 bits per heavy atom. The molecule has 354 valence electrons. The van der Waals surface area contributed by atoms with Gasteiger partial charge in [-0.15, -0.1) is 11.3 Å². The van der Waals surface area contributed by atoms with Gasteiger partial charge in [-0.2, -0.15) is 31.6 Å². The molecule has 4 nitrogen and oxygen atoms in total. The molecular weight excluding hydrogens is 959 g/mol. The predicted molar refractivity (Wildman–Crippen MR) is 288 cm³/mol. The molecule has 0 bridgehead atoms. The highest BCUT2D eigenvalue weighted by Gasteiger charge is 2.37. The SMILES string of the molecule is N#Cc1c(-c2ccccc2)c(-n2c3ccccc3c3ccc(C(F)(F)F)cc32)c(-n2c3ccccc3c3cc4sc5ccccc5c4cc32)c(-n2c3ccccc3c3ccc(C(F)(F)F)cc32)c1-c1ccccc1. The molecule has 0 N–H and O–H groups in total. The lowest BCUT2D eigenvalue weighted by molar-refractivity contribution is -0.138. The summed E-state index contributed by atoms with van der Waals surface area (Å²) in [6, 6.07) is 64.0. The fourth-order valence-electron chi connectivity index (χ4n) is 11.4. The predicted octanol–water partition coefficient (Wildman–Crippen LogP) is 18.6. The van der Waals surface area contributed by atoms with Gasteiger partial charge in [0, 0.05) is 63.6 Å². The van der Waals surface area contributed by atoms with E-state index in [4.69, 9.17) is 0 Å². The van der Waals surface area contributed by atoms with E-state index in [0.717, 1.165) is 66.2 Å². The van der Waals surface area contributed by atoms with Crippen LogP contribution in [0.4, 0.5) is 26.3 Å². The molecule has 0 fully saturated rings. The standard InChI is InChI=1S/C63H34F6N4S/c64-62(65,66)38-27-29-43-40-19-7-11-23-49(40)71(52(43)31-38)59-57(36-15-3-1-4-16-36)48(35-70)58(37-17-5-2-6-18-37)60(72-50-24-12-8-20-41(50)44-30-28-39(32-53(44)72)63(67,68)69)61(59)73-51-25-13-9-21-42(51)46-34-56-47(33-54(46)73)45-22-10-14-26-55(45)74-56/h1-34H. The smallest absolute Gasteiger partial charge is 0.306 e. The maximum atomic E-state index is 15.2. The van der Waals surface area contributed by atoms with Crippen molar-refractivity contribution in [2.24, 2.45) is 0 Å². The van der Waals surface area contributed by atoms with Crippen LogP contribution in [0.5, 0.6) is 0 Å². The second-order valence-corrected chi connectivity index (χ2v) is 19.6. The van der Waals surface area contributed by atoms with Crippen molar-refractivity contribution in [2.75, 3.05) is 0 Å². The molecule has 0 radical (unpaired) electrons. The van der Waals surface area contributed by atoms with Gasteiger partial charge in [0.05, 0.1) is 66.9 Å². The van der Waals surface area contributed by atoms with Crippen LogP contribution in [0.25, 0.3) is 125 Å². The second kappa shape index (κ2) is 15.9. The Hall–Kier alpha value is -9.11. The molecule has 0 unspecified atom stereocenters. The molecule has 14 rings (SSSR count). The third kappa shape index (κ3) is 6.34. The Morgan fingerprint density at radius 1 is 0.338 bits per heavy atom. The van der Waals surface area contributed by atoms with E-state index >= 15 is 26.3 Å². The zero-order valence-electron chi connectivity index (χ0n) is 38.6. The highest BCUT2D eigenvalue weighted by Crippen LogP contribution is 2.53. The van der Waals surface area contributed by atoms with Gasteiger partial charge in [0.1, 0.15) is 6.07 Å². The van der Waals surface area contributed by atoms with Gasteiger partial charge in [0.25, 0.3) is 0 Å². The molecule has 14 aromatic rings. The largest absolute Gasteiger partial charge is 0.416 e. The van der Waals surface area contributed by atoms with E-state index in [1.807, 2.05) is 155 Å². The summed E-state index contributed by atoms with van der Waals surface area (Å²) >= 11 is 1.67. The van der Waals surface area contributed by atoms with Gasteiger partial charge in [-0.05, 0) is 71.8 Å². The average molecular weight is 993 g/mol. The Morgan fingerprint density at radius 2 is 0.730 bits per heavy atom. The highest BCUT2D eigenvalue weighted by molar-refractivity contribution is 7.25. The molecule has 0 atom stereocenters. The van der Waals surface area contributed by atoms with Crippen molar-refractivity contribution in [3.63, 3.8) is 0 Å². The van der Waals surface area contributed by atoms with Crippen LogP contribution in [0.2, 0.25) is 0 Å². The maximum absolute atomic E-state index is 15.2. The molecule has 0 saturated heterocycles. The first-order valence-electron chi connectivity index (χ1n) is 23.8. The molecule has 4 heterocycles. The summed E-state index contributed by atoms with van der Waals surface area (Å²) in [6.07, 6.45) is -9.47. The lowest BCUT2D eigenvalue weighted by Gasteiger charge is -2.29. The number of halogens is 6. The van der Waals surface area contributed by atoms with Crippen LogP contribution >= 0.6 is 11.3 Å². The van der Waals surface area contributed by atoms with E-state index < -0.39 is 23.5 Å². The Balaban J connectivity index is 1.35. The van der Waals surface area contributed by atoms with Gasteiger partial charge < -0.3 is 13.7 Å². The third-order valence-corrected chi connectivity index (χ3v) is 15.6. The lowest BCUT2D eigenvalue weighted by atomic mass is 9.87. The normalized spacial score (nSPS) is 12.4. The number of benzene rings is 10. The zero-order chi connectivity index (χ0) is 50.2. The number of thiophene rings is 1. The second-order valence-electron chi connectivity index (χ2n) is 18.5. The average Bonchev–Trinajstić information content (AvgIpc) is 4.15. The first-order valence-corrected chi connectivity index (χ1v) is 24.6. The summed E-state index contributed by atoms with van der Waals surface area (Å²) in [5.74, 6) is 0. The number of nitrogens with zero attached hydrogens (tertiary/aromatic N) is 4. The molecular formula is C63H34F6N4S. The van der Waals surface area contributed by atoms with Gasteiger partial charge in [0.15, 0.2) is 0 Å². The fourth-order valence-corrected chi connectivity index (χ4v) is 12.6. The van der Waals surface area contributed by atoms with Crippen LogP contribution in [-0.4, -0.2) is 13.7 Å². The van der Waals surface area contributed by atoms with E-state index in [-0.39, 0.29) is 16.6 Å². The Kier molecular flexibility index (Phi) is 9.41. The van der Waals surface area contributed by atoms with Gasteiger partial charge in [-0.25, -0.2) is 0 Å². The van der Waals surface area contributed by atoms with Crippen LogP contribution < -0.4 is 0 Å². The number of hydrogen-bond acceptors (Lipinski definition) is 2. The molecule has 0 aliphatic heterocycles. The first-order chi connectivity index (χ1) is 36.0. The number of alkyl halides is 6. The van der Waals surface area contributed by atoms with E-state index in [9.17, 15) is 5.26 Å². The summed E-state index contributed by atoms with van der Waals surface area (Å²) in [6.45, 7) is 0. The van der Waals surface area contributed by atoms with E-state index in [0.29, 0.717) is 71.9 Å². The van der Waals surface area contributed by atoms with Gasteiger partial charge in [-0.3, -0.25) is 0 Å². The van der Waals surface area contributed by atoms with Crippen LogP contribution in [-0.2, 0) is 12.4 Å². The van der Waals surface area contributed by atoms with Crippen molar-refractivity contribution in [1.82, 2.24) is 13.7 Å². The van der Waals surface area contributed by atoms with Crippen LogP contribution in [0.3, 0.4) is 0 Å². The van der Waals surface area contributed by atoms with Crippen LogP contribution in [0.15, 0.2) is 206 Å². The molecule has 0 aliphatic rings. The minimum absolute atomic E-state index is 0.166. The van der Waals surface area contributed by atoms with Crippen molar-refractivity contribution in [3.05, 3.63) is 223 Å². The zero-order valence-corrected chi connectivity index (χ0v) is 39.4. The molecule has 11 heteroatoms. The molecule has 10 aromatic carbocycles. The summed E-state index contributed by atoms with van der Waals surface area (Å²) < 4.78 is 99.1. The van der Waals surface area contributed by atoms with Gasteiger partial charge in [-0.1, -0.05) is 146 Å². The van der Waals surface area contributed by atoms with Crippen LogP contribution in [0, 0.1) is 11.3 Å². The van der Waals surface area contributed by atoms with Crippen LogP contribution in [0.1, 0.15) is 16.7 Å². The number of fused-ring (bicyclic) bond motifs is 12. The minimum atomic E-state index is -4.73. The summed E-state index contributed by atoms with van der Waals surface area (Å²) in [7, 11) is 0. The van der Waals surface area contributed by atoms with Gasteiger partial charge in [0.2, 0.25) is 0 Å². The number of rotatable bonds is 5. The van der Waals surface area contributed by atoms with Crippen molar-refractivity contribution >= 4 is 96.9 Å². The molecule has 4 aromatic heterocycles. The molecule has 0 amide bonds. The lowest BCUT2D eigenvalue weighted by Crippen LogP contribution is -2.15. The Bertz CT molecular complexity index is 4510. The molecule has 0 aliphatic carbocycles. The summed E-state index contributed by atoms with van der Waals surface area (Å²) in [5.41, 5.74) is 4.56. The van der Waals surface area contributed by atoms with Crippen molar-refractivity contribution in [1.29, 1.82) is 5.26 Å². The maximum Gasteiger partial charge on any atom is 0.416 e. The topological polar surface area (TPSA) is 38.6 Å². The minimum Gasteiger partial charge on any atom is -0.306 e. The van der Waals surface area contributed by atoms with E-state index in [1.165, 1.54) is 12.1 Å².